The zero-order chi connectivity index (χ0) is 15.0. The first kappa shape index (κ1) is 13.8. The van der Waals surface area contributed by atoms with Crippen molar-refractivity contribution < 1.29 is 8.42 Å². The van der Waals surface area contributed by atoms with Gasteiger partial charge in [-0.15, -0.1) is 0 Å². The number of hydrogen-bond acceptors (Lipinski definition) is 4. The van der Waals surface area contributed by atoms with Crippen molar-refractivity contribution in [3.05, 3.63) is 54.6 Å². The van der Waals surface area contributed by atoms with Crippen LogP contribution in [0.25, 0.3) is 0 Å². The Balaban J connectivity index is 2.29. The summed E-state index contributed by atoms with van der Waals surface area (Å²) in [7, 11) is -3.71. The molecule has 5 nitrogen and oxygen atoms in total. The van der Waals surface area contributed by atoms with Crippen LogP contribution in [0.1, 0.15) is 6.92 Å². The van der Waals surface area contributed by atoms with Crippen LogP contribution >= 0.6 is 0 Å². The first-order valence-corrected chi connectivity index (χ1v) is 7.99. The largest absolute Gasteiger partial charge is 0.322 e. The molecule has 0 saturated heterocycles. The Morgan fingerprint density at radius 3 is 2.33 bits per heavy atom. The summed E-state index contributed by atoms with van der Waals surface area (Å²) in [4.78, 5) is 4.63. The zero-order valence-electron chi connectivity index (χ0n) is 11.5. The fourth-order valence-corrected chi connectivity index (χ4v) is 3.96. The van der Waals surface area contributed by atoms with E-state index in [4.69, 9.17) is 5.73 Å². The van der Waals surface area contributed by atoms with Gasteiger partial charge in [-0.25, -0.2) is 17.7 Å². The van der Waals surface area contributed by atoms with Gasteiger partial charge in [0.2, 0.25) is 0 Å². The number of nitrogens with zero attached hydrogens (tertiary/aromatic N) is 2. The van der Waals surface area contributed by atoms with Crippen molar-refractivity contribution in [3.8, 4) is 0 Å². The summed E-state index contributed by atoms with van der Waals surface area (Å²) in [5.74, 6) is 0.319. The van der Waals surface area contributed by atoms with Gasteiger partial charge in [0.1, 0.15) is 10.7 Å². The number of para-hydroxylation sites is 2. The van der Waals surface area contributed by atoms with Gasteiger partial charge < -0.3 is 5.73 Å². The van der Waals surface area contributed by atoms with Gasteiger partial charge in [-0.2, -0.15) is 0 Å². The fourth-order valence-electron chi connectivity index (χ4n) is 2.28. The molecule has 0 bridgehead atoms. The van der Waals surface area contributed by atoms with Gasteiger partial charge in [0.15, 0.2) is 0 Å². The Labute approximate surface area is 123 Å². The quantitative estimate of drug-likeness (QED) is 0.924. The molecule has 0 amide bonds. The molecule has 0 radical (unpaired) electrons. The highest BCUT2D eigenvalue weighted by Gasteiger charge is 2.36. The van der Waals surface area contributed by atoms with E-state index in [9.17, 15) is 8.42 Å². The van der Waals surface area contributed by atoms with Crippen LogP contribution in [0.2, 0.25) is 0 Å². The molecule has 2 N–H and O–H groups in total. The third-order valence-electron chi connectivity index (χ3n) is 3.22. The van der Waals surface area contributed by atoms with E-state index in [1.54, 1.807) is 55.5 Å². The highest BCUT2D eigenvalue weighted by atomic mass is 32.2. The van der Waals surface area contributed by atoms with Gasteiger partial charge >= 0.3 is 0 Å². The lowest BCUT2D eigenvalue weighted by Crippen LogP contribution is -2.47. The SMILES string of the molecule is CC(N)C1=Nc2ccccc2S(=O)(=O)N1c1ccccc1. The molecule has 0 aliphatic carbocycles. The van der Waals surface area contributed by atoms with Crippen LogP contribution in [0.4, 0.5) is 11.4 Å². The highest BCUT2D eigenvalue weighted by Crippen LogP contribution is 2.35. The Hall–Kier alpha value is -2.18. The Morgan fingerprint density at radius 1 is 1.05 bits per heavy atom. The van der Waals surface area contributed by atoms with E-state index in [0.717, 1.165) is 0 Å². The number of fused-ring (bicyclic) bond motifs is 1. The number of aliphatic imine (C=N–C) groups is 1. The van der Waals surface area contributed by atoms with Crippen molar-refractivity contribution in [2.75, 3.05) is 4.31 Å². The lowest BCUT2D eigenvalue weighted by molar-refractivity contribution is 0.595. The number of hydrogen-bond donors (Lipinski definition) is 1. The van der Waals surface area contributed by atoms with Crippen LogP contribution in [0.3, 0.4) is 0 Å². The van der Waals surface area contributed by atoms with Gasteiger partial charge in [-0.1, -0.05) is 30.3 Å². The minimum absolute atomic E-state index is 0.193. The van der Waals surface area contributed by atoms with Crippen LogP contribution in [0.15, 0.2) is 64.5 Å². The predicted octanol–water partition coefficient (Wildman–Crippen LogP) is 2.27. The second-order valence-corrected chi connectivity index (χ2v) is 6.59. The summed E-state index contributed by atoms with van der Waals surface area (Å²) in [6.45, 7) is 1.72. The molecule has 1 aliphatic rings. The molecule has 0 saturated carbocycles. The van der Waals surface area contributed by atoms with E-state index in [1.807, 2.05) is 6.07 Å². The lowest BCUT2D eigenvalue weighted by atomic mass is 10.2. The van der Waals surface area contributed by atoms with Crippen molar-refractivity contribution in [2.45, 2.75) is 17.9 Å². The minimum atomic E-state index is -3.71. The van der Waals surface area contributed by atoms with E-state index < -0.39 is 16.1 Å². The fraction of sp³-hybridized carbons (Fsp3) is 0.133. The van der Waals surface area contributed by atoms with E-state index in [1.165, 1.54) is 4.31 Å². The van der Waals surface area contributed by atoms with E-state index in [0.29, 0.717) is 17.2 Å². The maximum absolute atomic E-state index is 12.9. The van der Waals surface area contributed by atoms with Gasteiger partial charge in [-0.3, -0.25) is 0 Å². The summed E-state index contributed by atoms with van der Waals surface area (Å²) in [5, 5.41) is 0. The molecule has 108 valence electrons. The topological polar surface area (TPSA) is 75.8 Å². The smallest absolute Gasteiger partial charge is 0.271 e. The maximum atomic E-state index is 12.9. The van der Waals surface area contributed by atoms with Crippen molar-refractivity contribution in [1.29, 1.82) is 0 Å². The average Bonchev–Trinajstić information content (AvgIpc) is 2.47. The maximum Gasteiger partial charge on any atom is 0.271 e. The Bertz CT molecular complexity index is 799. The van der Waals surface area contributed by atoms with Gasteiger partial charge in [0.05, 0.1) is 17.4 Å². The zero-order valence-corrected chi connectivity index (χ0v) is 12.3. The number of sulfonamides is 1. The summed E-state index contributed by atoms with van der Waals surface area (Å²) in [6, 6.07) is 15.0. The second-order valence-electron chi connectivity index (χ2n) is 4.83. The average molecular weight is 301 g/mol. The van der Waals surface area contributed by atoms with Crippen LogP contribution in [0, 0.1) is 0 Å². The summed E-state index contributed by atoms with van der Waals surface area (Å²) >= 11 is 0. The van der Waals surface area contributed by atoms with Crippen LogP contribution in [-0.2, 0) is 10.0 Å². The molecular formula is C15H15N3O2S. The molecule has 2 aromatic carbocycles. The molecule has 0 fully saturated rings. The van der Waals surface area contributed by atoms with Gasteiger partial charge in [0.25, 0.3) is 10.0 Å². The first-order valence-electron chi connectivity index (χ1n) is 6.55. The molecule has 1 aliphatic heterocycles. The molecule has 3 rings (SSSR count). The monoisotopic (exact) mass is 301 g/mol. The molecule has 2 aromatic rings. The van der Waals surface area contributed by atoms with Crippen LogP contribution in [0.5, 0.6) is 0 Å². The number of anilines is 1. The Morgan fingerprint density at radius 2 is 1.67 bits per heavy atom. The van der Waals surface area contributed by atoms with E-state index >= 15 is 0 Å². The van der Waals surface area contributed by atoms with Gasteiger partial charge in [-0.05, 0) is 31.2 Å². The van der Waals surface area contributed by atoms with Crippen molar-refractivity contribution in [1.82, 2.24) is 0 Å². The minimum Gasteiger partial charge on any atom is -0.322 e. The lowest BCUT2D eigenvalue weighted by Gasteiger charge is -2.31. The summed E-state index contributed by atoms with van der Waals surface area (Å²) in [5.41, 5.74) is 6.89. The predicted molar refractivity (Wildman–Crippen MR) is 83.3 cm³/mol. The molecule has 0 spiro atoms. The highest BCUT2D eigenvalue weighted by molar-refractivity contribution is 7.93. The molecule has 6 heteroatoms. The summed E-state index contributed by atoms with van der Waals surface area (Å²) in [6.07, 6.45) is 0. The van der Waals surface area contributed by atoms with Crippen LogP contribution in [-0.4, -0.2) is 20.3 Å². The number of nitrogens with two attached hydrogens (primary N) is 1. The van der Waals surface area contributed by atoms with E-state index in [2.05, 4.69) is 4.99 Å². The second kappa shape index (κ2) is 4.98. The molecule has 1 atom stereocenters. The summed E-state index contributed by atoms with van der Waals surface area (Å²) < 4.78 is 27.0. The first-order chi connectivity index (χ1) is 10.0. The standard InChI is InChI=1S/C15H15N3O2S/c1-11(16)15-17-13-9-5-6-10-14(13)21(19,20)18(15)12-7-3-2-4-8-12/h2-11H,16H2,1H3. The number of rotatable bonds is 2. The van der Waals surface area contributed by atoms with Crippen molar-refractivity contribution >= 4 is 27.2 Å². The molecule has 1 heterocycles. The van der Waals surface area contributed by atoms with Crippen molar-refractivity contribution in [3.63, 3.8) is 0 Å². The third kappa shape index (κ3) is 2.22. The van der Waals surface area contributed by atoms with Gasteiger partial charge in [0, 0.05) is 0 Å². The third-order valence-corrected chi connectivity index (χ3v) is 5.00. The molecule has 0 aromatic heterocycles. The molecule has 1 unspecified atom stereocenters. The Kier molecular flexibility index (Phi) is 3.27. The van der Waals surface area contributed by atoms with Crippen LogP contribution < -0.4 is 10.0 Å². The number of benzene rings is 2. The van der Waals surface area contributed by atoms with Crippen molar-refractivity contribution in [2.24, 2.45) is 10.7 Å². The number of amidine groups is 1. The molecule has 21 heavy (non-hydrogen) atoms. The molecular weight excluding hydrogens is 286 g/mol. The van der Waals surface area contributed by atoms with E-state index in [-0.39, 0.29) is 4.90 Å². The normalized spacial score (nSPS) is 17.8.